The molecule has 3 aromatic carbocycles. The molecule has 0 aliphatic rings. The first-order valence-corrected chi connectivity index (χ1v) is 9.91. The largest absolute Gasteiger partial charge is 0.573 e. The summed E-state index contributed by atoms with van der Waals surface area (Å²) in [5, 5.41) is 3.22. The van der Waals surface area contributed by atoms with E-state index in [0.29, 0.717) is 22.2 Å². The molecule has 0 aliphatic heterocycles. The number of alkyl halides is 6. The summed E-state index contributed by atoms with van der Waals surface area (Å²) in [4.78, 5) is 12.8. The molecule has 0 atom stereocenters. The molecule has 0 unspecified atom stereocenters. The number of fused-ring (bicyclic) bond motifs is 1. The Kier molecular flexibility index (Phi) is 5.99. The Bertz CT molecular complexity index is 1320. The van der Waals surface area contributed by atoms with Crippen LogP contribution < -0.4 is 10.1 Å². The second kappa shape index (κ2) is 8.77. The summed E-state index contributed by atoms with van der Waals surface area (Å²) in [5.41, 5.74) is 0.531. The molecule has 4 nitrogen and oxygen atoms in total. The minimum absolute atomic E-state index is 0.211. The molecule has 0 saturated heterocycles. The van der Waals surface area contributed by atoms with Gasteiger partial charge in [-0.2, -0.15) is 13.2 Å². The number of ether oxygens (including phenoxy) is 1. The summed E-state index contributed by atoms with van der Waals surface area (Å²) in [6.07, 6.45) is -7.83. The lowest BCUT2D eigenvalue weighted by atomic mass is 10.1. The third-order valence-electron chi connectivity index (χ3n) is 5.03. The molecule has 1 N–H and O–H groups in total. The van der Waals surface area contributed by atoms with Gasteiger partial charge in [0, 0.05) is 18.1 Å². The number of hydrogen-bond donors (Lipinski definition) is 1. The molecule has 34 heavy (non-hydrogen) atoms. The number of hydrogen-bond acceptors (Lipinski definition) is 2. The maximum Gasteiger partial charge on any atom is 0.573 e. The van der Waals surface area contributed by atoms with Crippen molar-refractivity contribution >= 4 is 22.5 Å². The lowest BCUT2D eigenvalue weighted by molar-refractivity contribution is -0.274. The topological polar surface area (TPSA) is 43.3 Å². The van der Waals surface area contributed by atoms with Gasteiger partial charge in [-0.05, 0) is 35.9 Å². The average Bonchev–Trinajstić information content (AvgIpc) is 3.10. The number of benzene rings is 3. The zero-order valence-corrected chi connectivity index (χ0v) is 17.2. The van der Waals surface area contributed by atoms with Crippen molar-refractivity contribution in [2.24, 2.45) is 0 Å². The molecular weight excluding hydrogens is 462 g/mol. The standard InChI is InChI=1S/C24H16F6N2O2/c25-23(26,27)16-11-9-15(10-12-16)13-32-14-19(17-5-1-3-7-20(17)32)31-22(33)18-6-2-4-8-21(18)34-24(28,29)30/h1-12,14H,13H2,(H,31,33). The molecule has 0 saturated carbocycles. The van der Waals surface area contributed by atoms with Crippen LogP contribution in [0, 0.1) is 0 Å². The number of aromatic nitrogens is 1. The summed E-state index contributed by atoms with van der Waals surface area (Å²) in [6, 6.07) is 16.6. The molecule has 1 amide bonds. The Hall–Kier alpha value is -3.95. The van der Waals surface area contributed by atoms with Crippen molar-refractivity contribution < 1.29 is 35.9 Å². The molecule has 1 aromatic heterocycles. The van der Waals surface area contributed by atoms with Crippen LogP contribution in [0.4, 0.5) is 32.0 Å². The molecule has 176 valence electrons. The van der Waals surface area contributed by atoms with Crippen LogP contribution in [0.25, 0.3) is 10.9 Å². The average molecular weight is 478 g/mol. The zero-order valence-electron chi connectivity index (χ0n) is 17.2. The lowest BCUT2D eigenvalue weighted by Gasteiger charge is -2.12. The lowest BCUT2D eigenvalue weighted by Crippen LogP contribution is -2.20. The van der Waals surface area contributed by atoms with E-state index in [-0.39, 0.29) is 12.1 Å². The van der Waals surface area contributed by atoms with Crippen LogP contribution >= 0.6 is 0 Å². The van der Waals surface area contributed by atoms with E-state index in [2.05, 4.69) is 10.1 Å². The molecule has 0 fully saturated rings. The highest BCUT2D eigenvalue weighted by molar-refractivity contribution is 6.10. The van der Waals surface area contributed by atoms with Gasteiger partial charge >= 0.3 is 12.5 Å². The minimum atomic E-state index is -4.96. The molecule has 0 bridgehead atoms. The molecule has 4 aromatic rings. The number of rotatable bonds is 5. The van der Waals surface area contributed by atoms with Crippen LogP contribution in [0.1, 0.15) is 21.5 Å². The van der Waals surface area contributed by atoms with Gasteiger partial charge in [0.05, 0.1) is 22.3 Å². The van der Waals surface area contributed by atoms with Crippen molar-refractivity contribution in [2.75, 3.05) is 5.32 Å². The summed E-state index contributed by atoms with van der Waals surface area (Å²) < 4.78 is 82.2. The van der Waals surface area contributed by atoms with Crippen molar-refractivity contribution in [3.05, 3.63) is 95.7 Å². The van der Waals surface area contributed by atoms with E-state index in [4.69, 9.17) is 0 Å². The van der Waals surface area contributed by atoms with E-state index in [1.807, 2.05) is 0 Å². The van der Waals surface area contributed by atoms with Crippen LogP contribution in [0.5, 0.6) is 5.75 Å². The third-order valence-corrected chi connectivity index (χ3v) is 5.03. The second-order valence-electron chi connectivity index (χ2n) is 7.38. The number of carbonyl (C=O) groups excluding carboxylic acids is 1. The third kappa shape index (κ3) is 5.16. The van der Waals surface area contributed by atoms with Gasteiger partial charge in [-0.1, -0.05) is 42.5 Å². The van der Waals surface area contributed by atoms with Crippen LogP contribution in [0.15, 0.2) is 79.0 Å². The highest BCUT2D eigenvalue weighted by atomic mass is 19.4. The summed E-state index contributed by atoms with van der Waals surface area (Å²) in [6.45, 7) is 0.211. The van der Waals surface area contributed by atoms with E-state index in [0.717, 1.165) is 18.2 Å². The molecule has 1 heterocycles. The van der Waals surface area contributed by atoms with Crippen molar-refractivity contribution in [3.8, 4) is 5.75 Å². The number of nitrogens with one attached hydrogen (secondary N) is 1. The van der Waals surface area contributed by atoms with Crippen LogP contribution in [-0.2, 0) is 12.7 Å². The van der Waals surface area contributed by atoms with Gasteiger partial charge in [-0.15, -0.1) is 13.2 Å². The quantitative estimate of drug-likeness (QED) is 0.319. The SMILES string of the molecule is O=C(Nc1cn(Cc2ccc(C(F)(F)F)cc2)c2ccccc12)c1ccccc1OC(F)(F)F. The molecule has 4 rings (SSSR count). The first-order chi connectivity index (χ1) is 16.0. The fraction of sp³-hybridized carbons (Fsp3) is 0.125. The van der Waals surface area contributed by atoms with Gasteiger partial charge in [-0.3, -0.25) is 4.79 Å². The van der Waals surface area contributed by atoms with Crippen LogP contribution in [0.2, 0.25) is 0 Å². The highest BCUT2D eigenvalue weighted by Crippen LogP contribution is 2.31. The van der Waals surface area contributed by atoms with E-state index >= 15 is 0 Å². The first kappa shape index (κ1) is 23.2. The Morgan fingerprint density at radius 2 is 1.50 bits per heavy atom. The van der Waals surface area contributed by atoms with Crippen LogP contribution in [-0.4, -0.2) is 16.8 Å². The highest BCUT2D eigenvalue weighted by Gasteiger charge is 2.33. The number of para-hydroxylation sites is 2. The predicted octanol–water partition coefficient (Wildman–Crippen LogP) is 6.86. The van der Waals surface area contributed by atoms with Crippen LogP contribution in [0.3, 0.4) is 0 Å². The van der Waals surface area contributed by atoms with E-state index in [9.17, 15) is 31.1 Å². The number of amides is 1. The Balaban J connectivity index is 1.63. The second-order valence-corrected chi connectivity index (χ2v) is 7.38. The van der Waals surface area contributed by atoms with Gasteiger partial charge in [0.25, 0.3) is 5.91 Å². The molecule has 10 heteroatoms. The van der Waals surface area contributed by atoms with Gasteiger partial charge < -0.3 is 14.6 Å². The Morgan fingerprint density at radius 3 is 2.18 bits per heavy atom. The Labute approximate surface area is 189 Å². The molecule has 0 spiro atoms. The van der Waals surface area contributed by atoms with Crippen molar-refractivity contribution in [1.82, 2.24) is 4.57 Å². The molecular formula is C24H16F6N2O2. The minimum Gasteiger partial charge on any atom is -0.405 e. The van der Waals surface area contributed by atoms with Crippen molar-refractivity contribution in [2.45, 2.75) is 19.1 Å². The fourth-order valence-electron chi connectivity index (χ4n) is 3.53. The summed E-state index contributed by atoms with van der Waals surface area (Å²) in [5.74, 6) is -1.45. The van der Waals surface area contributed by atoms with Crippen molar-refractivity contribution in [3.63, 3.8) is 0 Å². The van der Waals surface area contributed by atoms with Gasteiger partial charge in [0.1, 0.15) is 5.75 Å². The zero-order chi connectivity index (χ0) is 24.5. The number of carbonyl (C=O) groups is 1. The van der Waals surface area contributed by atoms with E-state index in [1.165, 1.54) is 30.3 Å². The maximum absolute atomic E-state index is 12.8. The van der Waals surface area contributed by atoms with Crippen molar-refractivity contribution in [1.29, 1.82) is 0 Å². The molecule has 0 aliphatic carbocycles. The predicted molar refractivity (Wildman–Crippen MR) is 114 cm³/mol. The van der Waals surface area contributed by atoms with Gasteiger partial charge in [-0.25, -0.2) is 0 Å². The normalized spacial score (nSPS) is 12.1. The number of anilines is 1. The maximum atomic E-state index is 12.8. The van der Waals surface area contributed by atoms with Gasteiger partial charge in [0.15, 0.2) is 0 Å². The fourth-order valence-corrected chi connectivity index (χ4v) is 3.53. The Morgan fingerprint density at radius 1 is 0.853 bits per heavy atom. The summed E-state index contributed by atoms with van der Waals surface area (Å²) in [7, 11) is 0. The van der Waals surface area contributed by atoms with E-state index < -0.39 is 29.8 Å². The number of halogens is 6. The summed E-state index contributed by atoms with van der Waals surface area (Å²) >= 11 is 0. The number of nitrogens with zero attached hydrogens (tertiary/aromatic N) is 1. The smallest absolute Gasteiger partial charge is 0.405 e. The van der Waals surface area contributed by atoms with Gasteiger partial charge in [0.2, 0.25) is 0 Å². The first-order valence-electron chi connectivity index (χ1n) is 9.91. The monoisotopic (exact) mass is 478 g/mol. The molecule has 0 radical (unpaired) electrons. The van der Waals surface area contributed by atoms with E-state index in [1.54, 1.807) is 35.0 Å².